The molecule has 2 rings (SSSR count). The summed E-state index contributed by atoms with van der Waals surface area (Å²) in [5.41, 5.74) is 4.48. The van der Waals surface area contributed by atoms with Gasteiger partial charge in [-0.1, -0.05) is 19.6 Å². The highest BCUT2D eigenvalue weighted by molar-refractivity contribution is 6.83. The van der Waals surface area contributed by atoms with Crippen LogP contribution < -0.4 is 0 Å². The third kappa shape index (κ3) is 13.7. The second kappa shape index (κ2) is 18.9. The Morgan fingerprint density at radius 3 is 1.64 bits per heavy atom. The second-order valence-corrected chi connectivity index (χ2v) is 14.0. The standard InChI is InChI=1S/C13H11N5O2.C11H13N3O2.C4H9NSi/c1-4-20-13(19)11(16-3)12-17-9(5-6-14)7-10(18-12)8-15-2;1-5-16-11(15)9(12-4)10-13-7(2)6-8(3)14-10;1-6(2,3)4-5/h7,11H,4-5,8H2,1H3;6,9H,5H2,1-3H3;1-3H3. The summed E-state index contributed by atoms with van der Waals surface area (Å²) >= 11 is 0. The predicted molar refractivity (Wildman–Crippen MR) is 154 cm³/mol. The minimum absolute atomic E-state index is 0.00148. The van der Waals surface area contributed by atoms with E-state index in [0.717, 1.165) is 11.4 Å². The summed E-state index contributed by atoms with van der Waals surface area (Å²) < 4.78 is 9.59. The number of esters is 2. The molecule has 2 atom stereocenters. The number of hydrogen-bond acceptors (Lipinski definition) is 10. The van der Waals surface area contributed by atoms with Crippen LogP contribution in [0, 0.1) is 55.8 Å². The van der Waals surface area contributed by atoms with Crippen molar-refractivity contribution in [3.05, 3.63) is 80.8 Å². The van der Waals surface area contributed by atoms with Gasteiger partial charge in [0.25, 0.3) is 6.54 Å². The lowest BCUT2D eigenvalue weighted by atomic mass is 10.2. The van der Waals surface area contributed by atoms with E-state index in [-0.39, 0.29) is 37.8 Å². The first-order valence-corrected chi connectivity index (χ1v) is 16.2. The molecular weight excluding hydrogens is 554 g/mol. The van der Waals surface area contributed by atoms with Gasteiger partial charge in [0, 0.05) is 17.1 Å². The Balaban J connectivity index is 0.000000682. The maximum atomic E-state index is 11.7. The van der Waals surface area contributed by atoms with Crippen molar-refractivity contribution in [1.82, 2.24) is 19.9 Å². The molecule has 0 N–H and O–H groups in total. The van der Waals surface area contributed by atoms with Gasteiger partial charge in [0.1, 0.15) is 5.69 Å². The summed E-state index contributed by atoms with van der Waals surface area (Å²) in [7, 11) is -1.33. The normalized spacial score (nSPS) is 11.0. The van der Waals surface area contributed by atoms with E-state index in [4.69, 9.17) is 39.7 Å². The zero-order chi connectivity index (χ0) is 32.3. The van der Waals surface area contributed by atoms with Crippen molar-refractivity contribution < 1.29 is 19.1 Å². The van der Waals surface area contributed by atoms with Gasteiger partial charge in [0.05, 0.1) is 31.4 Å². The molecule has 0 aliphatic heterocycles. The number of carbonyl (C=O) groups is 2. The van der Waals surface area contributed by atoms with E-state index in [1.54, 1.807) is 33.8 Å². The van der Waals surface area contributed by atoms with E-state index in [9.17, 15) is 9.59 Å². The molecule has 2 aromatic heterocycles. The van der Waals surface area contributed by atoms with Crippen molar-refractivity contribution in [2.75, 3.05) is 13.2 Å². The van der Waals surface area contributed by atoms with Gasteiger partial charge in [-0.05, 0) is 39.8 Å². The molecule has 0 fully saturated rings. The molecule has 0 aliphatic carbocycles. The van der Waals surface area contributed by atoms with Gasteiger partial charge in [-0.15, -0.1) is 0 Å². The van der Waals surface area contributed by atoms with E-state index < -0.39 is 32.1 Å². The topological polar surface area (TPSA) is 165 Å². The molecule has 0 bridgehead atoms. The monoisotopic (exact) mass is 587 g/mol. The summed E-state index contributed by atoms with van der Waals surface area (Å²) in [6.45, 7) is 34.3. The summed E-state index contributed by atoms with van der Waals surface area (Å²) in [5.74, 6) is -1.14. The Morgan fingerprint density at radius 1 is 0.857 bits per heavy atom. The zero-order valence-corrected chi connectivity index (χ0v) is 25.8. The van der Waals surface area contributed by atoms with Crippen LogP contribution in [0.2, 0.25) is 19.6 Å². The Bertz CT molecular complexity index is 1380. The molecule has 2 unspecified atom stereocenters. The van der Waals surface area contributed by atoms with Crippen LogP contribution in [0.25, 0.3) is 14.5 Å². The van der Waals surface area contributed by atoms with Gasteiger partial charge < -0.3 is 14.3 Å². The minimum Gasteiger partial charge on any atom is -0.460 e. The molecule has 0 saturated carbocycles. The fourth-order valence-electron chi connectivity index (χ4n) is 2.78. The van der Waals surface area contributed by atoms with Crippen LogP contribution in [0.15, 0.2) is 12.1 Å². The molecule has 218 valence electrons. The number of carbonyl (C=O) groups excluding carboxylic acids is 2. The fraction of sp³-hybridized carbons (Fsp3) is 0.464. The van der Waals surface area contributed by atoms with Crippen molar-refractivity contribution in [2.24, 2.45) is 0 Å². The zero-order valence-electron chi connectivity index (χ0n) is 24.8. The molecule has 0 spiro atoms. The molecule has 0 saturated heterocycles. The number of aryl methyl sites for hydroxylation is 2. The van der Waals surface area contributed by atoms with Gasteiger partial charge in [0.15, 0.2) is 8.07 Å². The molecule has 2 heterocycles. The summed E-state index contributed by atoms with van der Waals surface area (Å²) in [5, 5.41) is 16.9. The fourth-order valence-corrected chi connectivity index (χ4v) is 2.78. The highest BCUT2D eigenvalue weighted by atomic mass is 28.3. The van der Waals surface area contributed by atoms with E-state index in [1.165, 1.54) is 6.07 Å². The first-order valence-electron chi connectivity index (χ1n) is 12.7. The van der Waals surface area contributed by atoms with Crippen LogP contribution in [-0.4, -0.2) is 53.2 Å². The van der Waals surface area contributed by atoms with Gasteiger partial charge >= 0.3 is 24.0 Å². The third-order valence-electron chi connectivity index (χ3n) is 4.45. The lowest BCUT2D eigenvalue weighted by molar-refractivity contribution is -0.144. The van der Waals surface area contributed by atoms with Crippen molar-refractivity contribution in [1.29, 1.82) is 10.5 Å². The van der Waals surface area contributed by atoms with Crippen molar-refractivity contribution in [3.8, 4) is 11.8 Å². The third-order valence-corrected chi connectivity index (χ3v) is 5.12. The number of aromatic nitrogens is 4. The quantitative estimate of drug-likeness (QED) is 0.244. The largest absolute Gasteiger partial charge is 0.460 e. The Hall–Kier alpha value is -5.23. The van der Waals surface area contributed by atoms with E-state index >= 15 is 0 Å². The average molecular weight is 588 g/mol. The van der Waals surface area contributed by atoms with E-state index in [2.05, 4.69) is 40.2 Å². The van der Waals surface area contributed by atoms with Crippen molar-refractivity contribution >= 4 is 20.0 Å². The van der Waals surface area contributed by atoms with Gasteiger partial charge in [-0.2, -0.15) is 5.26 Å². The Morgan fingerprint density at radius 2 is 1.29 bits per heavy atom. The molecule has 2 aromatic rings. The lowest BCUT2D eigenvalue weighted by Crippen LogP contribution is -2.17. The van der Waals surface area contributed by atoms with Gasteiger partial charge in [-0.25, -0.2) is 54.5 Å². The summed E-state index contributed by atoms with van der Waals surface area (Å²) in [6.07, 6.45) is 0.0219. The van der Waals surface area contributed by atoms with E-state index in [1.807, 2.05) is 25.7 Å². The number of nitrogens with zero attached hydrogens (tertiary/aromatic N) is 9. The Kier molecular flexibility index (Phi) is 16.6. The first-order chi connectivity index (χ1) is 19.8. The highest BCUT2D eigenvalue weighted by Crippen LogP contribution is 2.18. The van der Waals surface area contributed by atoms with Crippen LogP contribution in [-0.2, 0) is 32.0 Å². The molecule has 13 nitrogen and oxygen atoms in total. The molecule has 42 heavy (non-hydrogen) atoms. The molecule has 14 heteroatoms. The van der Waals surface area contributed by atoms with Crippen LogP contribution in [0.1, 0.15) is 60.4 Å². The minimum atomic E-state index is -1.33. The Labute approximate surface area is 247 Å². The number of ether oxygens (including phenoxy) is 2. The summed E-state index contributed by atoms with van der Waals surface area (Å²) in [4.78, 5) is 49.0. The first kappa shape index (κ1) is 36.8. The SMILES string of the molecule is C[Si](C)(C)C#N.[C-]#[N+]C(C(=O)OCC)c1nc(C)cc(C)n1.[C-]#[N+]Cc1cc(CC#N)nc(C([N+]#[C-])C(=O)OCC)n1. The number of hydrogen-bond donors (Lipinski definition) is 0. The van der Waals surface area contributed by atoms with Crippen molar-refractivity contribution in [3.63, 3.8) is 0 Å². The molecule has 0 aromatic carbocycles. The summed E-state index contributed by atoms with van der Waals surface area (Å²) in [6, 6.07) is 2.92. The van der Waals surface area contributed by atoms with Gasteiger partial charge in [-0.3, -0.25) is 9.69 Å². The van der Waals surface area contributed by atoms with Crippen LogP contribution in [0.3, 0.4) is 0 Å². The molecule has 0 amide bonds. The number of nitriles is 2. The second-order valence-electron chi connectivity index (χ2n) is 9.30. The lowest BCUT2D eigenvalue weighted by Gasteiger charge is -2.06. The van der Waals surface area contributed by atoms with Crippen molar-refractivity contribution in [2.45, 2.75) is 72.4 Å². The van der Waals surface area contributed by atoms with Crippen LogP contribution in [0.4, 0.5) is 0 Å². The number of rotatable bonds is 8. The highest BCUT2D eigenvalue weighted by Gasteiger charge is 2.32. The maximum absolute atomic E-state index is 11.7. The average Bonchev–Trinajstić information content (AvgIpc) is 2.90. The van der Waals surface area contributed by atoms with Crippen LogP contribution in [0.5, 0.6) is 0 Å². The molecular formula is C28H33N9O4Si. The van der Waals surface area contributed by atoms with Crippen LogP contribution >= 0.6 is 0 Å². The van der Waals surface area contributed by atoms with Gasteiger partial charge in [0.2, 0.25) is 11.6 Å². The molecule has 0 aliphatic rings. The molecule has 0 radical (unpaired) electrons. The van der Waals surface area contributed by atoms with E-state index in [0.29, 0.717) is 11.4 Å². The predicted octanol–water partition coefficient (Wildman–Crippen LogP) is 4.49. The smallest absolute Gasteiger partial charge is 0.398 e. The maximum Gasteiger partial charge on any atom is 0.398 e.